The summed E-state index contributed by atoms with van der Waals surface area (Å²) in [6, 6.07) is 5.75. The Labute approximate surface area is 127 Å². The van der Waals surface area contributed by atoms with Crippen LogP contribution in [-0.4, -0.2) is 29.3 Å². The summed E-state index contributed by atoms with van der Waals surface area (Å²) in [5, 5.41) is 0. The fraction of sp³-hybridized carbons (Fsp3) is 0.467. The lowest BCUT2D eigenvalue weighted by Crippen LogP contribution is -2.48. The molecule has 1 aromatic rings. The molecule has 2 amide bonds. The predicted molar refractivity (Wildman–Crippen MR) is 81.3 cm³/mol. The van der Waals surface area contributed by atoms with E-state index in [2.05, 4.69) is 15.9 Å². The monoisotopic (exact) mass is 338 g/mol. The van der Waals surface area contributed by atoms with Crippen LogP contribution in [0.2, 0.25) is 0 Å². The second-order valence-corrected chi connectivity index (χ2v) is 6.36. The van der Waals surface area contributed by atoms with E-state index in [1.54, 1.807) is 4.90 Å². The zero-order chi connectivity index (χ0) is 14.9. The second kappa shape index (κ2) is 5.95. The highest BCUT2D eigenvalue weighted by Crippen LogP contribution is 2.25. The zero-order valence-corrected chi connectivity index (χ0v) is 13.3. The summed E-state index contributed by atoms with van der Waals surface area (Å²) in [7, 11) is 0. The van der Waals surface area contributed by atoms with E-state index in [9.17, 15) is 9.59 Å². The molecule has 0 bridgehead atoms. The van der Waals surface area contributed by atoms with Gasteiger partial charge in [-0.15, -0.1) is 0 Å². The predicted octanol–water partition coefficient (Wildman–Crippen LogP) is 2.48. The minimum Gasteiger partial charge on any atom is -0.369 e. The molecular formula is C15H19BrN2O2. The van der Waals surface area contributed by atoms with Crippen LogP contribution in [-0.2, 0) is 4.79 Å². The number of nitrogens with zero attached hydrogens (tertiary/aromatic N) is 1. The van der Waals surface area contributed by atoms with Gasteiger partial charge in [-0.05, 0) is 50.5 Å². The summed E-state index contributed by atoms with van der Waals surface area (Å²) in [4.78, 5) is 25.8. The molecule has 2 atom stereocenters. The van der Waals surface area contributed by atoms with Crippen LogP contribution in [0.4, 0.5) is 0 Å². The molecule has 0 spiro atoms. The van der Waals surface area contributed by atoms with Crippen molar-refractivity contribution < 1.29 is 9.59 Å². The lowest BCUT2D eigenvalue weighted by atomic mass is 9.92. The molecule has 108 valence electrons. The van der Waals surface area contributed by atoms with Crippen LogP contribution >= 0.6 is 15.9 Å². The zero-order valence-electron chi connectivity index (χ0n) is 11.7. The number of rotatable bonds is 2. The fourth-order valence-electron chi connectivity index (χ4n) is 2.64. The normalized spacial score (nSPS) is 22.6. The van der Waals surface area contributed by atoms with E-state index < -0.39 is 0 Å². The van der Waals surface area contributed by atoms with Gasteiger partial charge in [-0.3, -0.25) is 9.59 Å². The molecule has 1 fully saturated rings. The number of piperidine rings is 1. The number of carbonyl (C=O) groups excluding carboxylic acids is 2. The molecule has 4 nitrogen and oxygen atoms in total. The Morgan fingerprint density at radius 3 is 2.65 bits per heavy atom. The Kier molecular flexibility index (Phi) is 4.48. The number of halogens is 1. The molecule has 0 radical (unpaired) electrons. The third-order valence-electron chi connectivity index (χ3n) is 3.96. The minimum atomic E-state index is -0.317. The first-order chi connectivity index (χ1) is 9.40. The molecule has 1 heterocycles. The van der Waals surface area contributed by atoms with Crippen LogP contribution in [0.25, 0.3) is 0 Å². The average molecular weight is 339 g/mol. The van der Waals surface area contributed by atoms with Gasteiger partial charge in [0.1, 0.15) is 0 Å². The van der Waals surface area contributed by atoms with Gasteiger partial charge in [-0.1, -0.05) is 15.9 Å². The fourth-order valence-corrected chi connectivity index (χ4v) is 3.12. The Morgan fingerprint density at radius 2 is 2.05 bits per heavy atom. The van der Waals surface area contributed by atoms with Crippen molar-refractivity contribution in [1.82, 2.24) is 4.90 Å². The van der Waals surface area contributed by atoms with Crippen LogP contribution < -0.4 is 5.73 Å². The van der Waals surface area contributed by atoms with Crippen molar-refractivity contribution in [3.8, 4) is 0 Å². The van der Waals surface area contributed by atoms with Gasteiger partial charge in [0.15, 0.2) is 0 Å². The summed E-state index contributed by atoms with van der Waals surface area (Å²) < 4.78 is 0.952. The topological polar surface area (TPSA) is 63.4 Å². The molecule has 2 rings (SSSR count). The first kappa shape index (κ1) is 15.0. The Hall–Kier alpha value is -1.36. The highest BCUT2D eigenvalue weighted by molar-refractivity contribution is 9.10. The molecule has 0 saturated carbocycles. The quantitative estimate of drug-likeness (QED) is 0.900. The van der Waals surface area contributed by atoms with Crippen LogP contribution in [0, 0.1) is 12.8 Å². The van der Waals surface area contributed by atoms with Gasteiger partial charge < -0.3 is 10.6 Å². The Bertz CT molecular complexity index is 545. The van der Waals surface area contributed by atoms with Crippen molar-refractivity contribution in [1.29, 1.82) is 0 Å². The van der Waals surface area contributed by atoms with Gasteiger partial charge in [-0.25, -0.2) is 0 Å². The third-order valence-corrected chi connectivity index (χ3v) is 4.46. The first-order valence-corrected chi connectivity index (χ1v) is 7.56. The summed E-state index contributed by atoms with van der Waals surface area (Å²) in [5.74, 6) is -0.568. The van der Waals surface area contributed by atoms with Gasteiger partial charge in [0.2, 0.25) is 5.91 Å². The third kappa shape index (κ3) is 3.03. The molecule has 5 heteroatoms. The summed E-state index contributed by atoms with van der Waals surface area (Å²) in [6.07, 6.45) is 1.58. The molecule has 0 unspecified atom stereocenters. The number of nitrogens with two attached hydrogens (primary N) is 1. The van der Waals surface area contributed by atoms with Crippen molar-refractivity contribution in [2.24, 2.45) is 11.7 Å². The second-order valence-electron chi connectivity index (χ2n) is 5.44. The van der Waals surface area contributed by atoms with E-state index in [0.717, 1.165) is 22.9 Å². The molecule has 20 heavy (non-hydrogen) atoms. The summed E-state index contributed by atoms with van der Waals surface area (Å²) in [6.45, 7) is 4.35. The minimum absolute atomic E-state index is 0.0200. The van der Waals surface area contributed by atoms with E-state index in [0.29, 0.717) is 12.1 Å². The summed E-state index contributed by atoms with van der Waals surface area (Å²) in [5.41, 5.74) is 6.99. The average Bonchev–Trinajstić information content (AvgIpc) is 2.38. The molecule has 0 aromatic heterocycles. The number of amides is 2. The molecule has 1 aliphatic heterocycles. The lowest BCUT2D eigenvalue weighted by molar-refractivity contribution is -0.123. The number of likely N-dealkylation sites (tertiary alicyclic amines) is 1. The van der Waals surface area contributed by atoms with E-state index in [-0.39, 0.29) is 23.8 Å². The number of primary amides is 1. The molecule has 1 aliphatic rings. The highest BCUT2D eigenvalue weighted by Gasteiger charge is 2.32. The van der Waals surface area contributed by atoms with Crippen molar-refractivity contribution in [2.45, 2.75) is 32.7 Å². The van der Waals surface area contributed by atoms with Gasteiger partial charge in [0, 0.05) is 22.6 Å². The molecule has 1 aromatic carbocycles. The van der Waals surface area contributed by atoms with Gasteiger partial charge in [-0.2, -0.15) is 0 Å². The number of carbonyl (C=O) groups is 2. The van der Waals surface area contributed by atoms with E-state index in [1.165, 1.54) is 0 Å². The largest absolute Gasteiger partial charge is 0.369 e. The molecule has 2 N–H and O–H groups in total. The van der Waals surface area contributed by atoms with Gasteiger partial charge in [0.25, 0.3) is 5.91 Å². The van der Waals surface area contributed by atoms with Gasteiger partial charge >= 0.3 is 0 Å². The number of aryl methyl sites for hydroxylation is 1. The maximum absolute atomic E-state index is 12.7. The van der Waals surface area contributed by atoms with E-state index in [1.807, 2.05) is 32.0 Å². The molecular weight excluding hydrogens is 320 g/mol. The molecule has 1 saturated heterocycles. The Morgan fingerprint density at radius 1 is 1.35 bits per heavy atom. The maximum Gasteiger partial charge on any atom is 0.254 e. The van der Waals surface area contributed by atoms with Crippen LogP contribution in [0.1, 0.15) is 35.7 Å². The van der Waals surface area contributed by atoms with E-state index >= 15 is 0 Å². The van der Waals surface area contributed by atoms with Gasteiger partial charge in [0.05, 0.1) is 5.92 Å². The Balaban J connectivity index is 2.24. The van der Waals surface area contributed by atoms with Crippen LogP contribution in [0.5, 0.6) is 0 Å². The number of hydrogen-bond donors (Lipinski definition) is 1. The SMILES string of the molecule is Cc1cc(Br)ccc1C(=O)N1C[C@@H](C(N)=O)CC[C@@H]1C. The standard InChI is InChI=1S/C15H19BrN2O2/c1-9-7-12(16)5-6-13(9)15(20)18-8-11(14(17)19)4-3-10(18)2/h5-7,10-11H,3-4,8H2,1-2H3,(H2,17,19)/t10-,11-/m0/s1. The number of benzene rings is 1. The van der Waals surface area contributed by atoms with Crippen molar-refractivity contribution in [3.05, 3.63) is 33.8 Å². The lowest BCUT2D eigenvalue weighted by Gasteiger charge is -2.37. The number of hydrogen-bond acceptors (Lipinski definition) is 2. The van der Waals surface area contributed by atoms with Crippen molar-refractivity contribution in [3.63, 3.8) is 0 Å². The van der Waals surface area contributed by atoms with Crippen LogP contribution in [0.3, 0.4) is 0 Å². The van der Waals surface area contributed by atoms with Crippen LogP contribution in [0.15, 0.2) is 22.7 Å². The smallest absolute Gasteiger partial charge is 0.254 e. The highest BCUT2D eigenvalue weighted by atomic mass is 79.9. The van der Waals surface area contributed by atoms with E-state index in [4.69, 9.17) is 5.73 Å². The van der Waals surface area contributed by atoms with Crippen molar-refractivity contribution >= 4 is 27.7 Å². The van der Waals surface area contributed by atoms with Crippen molar-refractivity contribution in [2.75, 3.05) is 6.54 Å². The first-order valence-electron chi connectivity index (χ1n) is 6.76. The maximum atomic E-state index is 12.7. The molecule has 0 aliphatic carbocycles. The summed E-state index contributed by atoms with van der Waals surface area (Å²) >= 11 is 3.40.